The average molecular weight is 368 g/mol. The molecule has 2 aromatic heterocycles. The summed E-state index contributed by atoms with van der Waals surface area (Å²) in [5.41, 5.74) is 7.04. The third-order valence-electron chi connectivity index (χ3n) is 4.65. The van der Waals surface area contributed by atoms with Gasteiger partial charge in [0.05, 0.1) is 22.4 Å². The first kappa shape index (κ1) is 17.0. The van der Waals surface area contributed by atoms with Crippen molar-refractivity contribution in [3.8, 4) is 10.4 Å². The van der Waals surface area contributed by atoms with Crippen molar-refractivity contribution < 1.29 is 9.90 Å². The second-order valence-electron chi connectivity index (χ2n) is 6.42. The molecule has 0 saturated carbocycles. The highest BCUT2D eigenvalue weighted by atomic mass is 32.1. The number of amides is 1. The fourth-order valence-electron chi connectivity index (χ4n) is 3.23. The van der Waals surface area contributed by atoms with Crippen LogP contribution in [-0.4, -0.2) is 41.2 Å². The Morgan fingerprint density at radius 2 is 2.15 bits per heavy atom. The number of anilines is 1. The fraction of sp³-hybridized carbons (Fsp3) is 0.263. The SMILES string of the molecule is NC(=O)c1cnc(N[C@H]2CNCC[C@@H]2O)c2cc(-c3ccccc3)sc12. The van der Waals surface area contributed by atoms with Crippen molar-refractivity contribution in [1.82, 2.24) is 10.3 Å². The topological polar surface area (TPSA) is 100 Å². The number of carbonyl (C=O) groups is 1. The van der Waals surface area contributed by atoms with E-state index in [9.17, 15) is 9.90 Å². The van der Waals surface area contributed by atoms with Gasteiger partial charge in [-0.3, -0.25) is 4.79 Å². The number of primary amides is 1. The first-order valence-corrected chi connectivity index (χ1v) is 9.38. The van der Waals surface area contributed by atoms with E-state index in [1.54, 1.807) is 0 Å². The molecule has 3 aromatic rings. The smallest absolute Gasteiger partial charge is 0.251 e. The molecule has 5 N–H and O–H groups in total. The molecule has 1 saturated heterocycles. The number of nitrogens with two attached hydrogens (primary N) is 1. The minimum atomic E-state index is -0.491. The molecule has 0 unspecified atom stereocenters. The van der Waals surface area contributed by atoms with Crippen LogP contribution in [0.4, 0.5) is 5.82 Å². The maximum atomic E-state index is 11.8. The quantitative estimate of drug-likeness (QED) is 0.566. The summed E-state index contributed by atoms with van der Waals surface area (Å²) in [5, 5.41) is 17.7. The van der Waals surface area contributed by atoms with Crippen LogP contribution in [0.25, 0.3) is 20.5 Å². The lowest BCUT2D eigenvalue weighted by molar-refractivity contribution is 0.100. The number of benzene rings is 1. The van der Waals surface area contributed by atoms with Gasteiger partial charge in [0.2, 0.25) is 0 Å². The number of rotatable bonds is 4. The third kappa shape index (κ3) is 3.16. The van der Waals surface area contributed by atoms with Crippen molar-refractivity contribution in [2.24, 2.45) is 5.73 Å². The minimum Gasteiger partial charge on any atom is -0.391 e. The summed E-state index contributed by atoms with van der Waals surface area (Å²) in [4.78, 5) is 17.3. The molecule has 0 aliphatic carbocycles. The van der Waals surface area contributed by atoms with Gasteiger partial charge in [-0.1, -0.05) is 30.3 Å². The molecular weight excluding hydrogens is 348 g/mol. The van der Waals surface area contributed by atoms with Crippen LogP contribution in [-0.2, 0) is 0 Å². The summed E-state index contributed by atoms with van der Waals surface area (Å²) in [5.74, 6) is 0.172. The summed E-state index contributed by atoms with van der Waals surface area (Å²) in [7, 11) is 0. The van der Waals surface area contributed by atoms with Crippen molar-refractivity contribution in [2.45, 2.75) is 18.6 Å². The Labute approximate surface area is 155 Å². The van der Waals surface area contributed by atoms with Crippen LogP contribution in [0.3, 0.4) is 0 Å². The molecule has 0 radical (unpaired) electrons. The molecule has 134 valence electrons. The largest absolute Gasteiger partial charge is 0.391 e. The maximum absolute atomic E-state index is 11.8. The van der Waals surface area contributed by atoms with E-state index >= 15 is 0 Å². The number of nitrogens with zero attached hydrogens (tertiary/aromatic N) is 1. The van der Waals surface area contributed by atoms with Crippen molar-refractivity contribution in [1.29, 1.82) is 0 Å². The summed E-state index contributed by atoms with van der Waals surface area (Å²) < 4.78 is 0.812. The van der Waals surface area contributed by atoms with E-state index in [0.29, 0.717) is 24.3 Å². The van der Waals surface area contributed by atoms with Crippen molar-refractivity contribution in [3.05, 3.63) is 48.2 Å². The molecule has 1 fully saturated rings. The molecular formula is C19H20N4O2S. The summed E-state index contributed by atoms with van der Waals surface area (Å²) in [6.45, 7) is 1.47. The second kappa shape index (κ2) is 7.03. The zero-order valence-corrected chi connectivity index (χ0v) is 14.9. The maximum Gasteiger partial charge on any atom is 0.251 e. The van der Waals surface area contributed by atoms with Crippen LogP contribution >= 0.6 is 11.3 Å². The number of pyridine rings is 1. The monoisotopic (exact) mass is 368 g/mol. The molecule has 7 heteroatoms. The van der Waals surface area contributed by atoms with E-state index in [0.717, 1.165) is 27.1 Å². The van der Waals surface area contributed by atoms with Crippen LogP contribution in [0.15, 0.2) is 42.6 Å². The van der Waals surface area contributed by atoms with Crippen LogP contribution in [0, 0.1) is 0 Å². The van der Waals surface area contributed by atoms with Gasteiger partial charge in [-0.15, -0.1) is 11.3 Å². The molecule has 0 bridgehead atoms. The number of thiophene rings is 1. The lowest BCUT2D eigenvalue weighted by Gasteiger charge is -2.29. The number of aliphatic hydroxyl groups is 1. The zero-order chi connectivity index (χ0) is 18.1. The summed E-state index contributed by atoms with van der Waals surface area (Å²) in [6.07, 6.45) is 1.77. The summed E-state index contributed by atoms with van der Waals surface area (Å²) in [6, 6.07) is 11.9. The number of hydrogen-bond acceptors (Lipinski definition) is 6. The van der Waals surface area contributed by atoms with Gasteiger partial charge in [0.25, 0.3) is 5.91 Å². The normalized spacial score (nSPS) is 20.2. The predicted octanol–water partition coefficient (Wildman–Crippen LogP) is 2.20. The molecule has 6 nitrogen and oxygen atoms in total. The summed E-state index contributed by atoms with van der Waals surface area (Å²) >= 11 is 1.52. The van der Waals surface area contributed by atoms with Gasteiger partial charge in [-0.2, -0.15) is 0 Å². The van der Waals surface area contributed by atoms with E-state index < -0.39 is 12.0 Å². The lowest BCUT2D eigenvalue weighted by Crippen LogP contribution is -2.48. The molecule has 0 spiro atoms. The number of aliphatic hydroxyl groups excluding tert-OH is 1. The number of nitrogens with one attached hydrogen (secondary N) is 2. The first-order chi connectivity index (χ1) is 12.6. The number of carbonyl (C=O) groups excluding carboxylic acids is 1. The molecule has 3 heterocycles. The molecule has 1 aromatic carbocycles. The van der Waals surface area contributed by atoms with Crippen molar-refractivity contribution in [3.63, 3.8) is 0 Å². The van der Waals surface area contributed by atoms with Gasteiger partial charge in [0.15, 0.2) is 0 Å². The van der Waals surface area contributed by atoms with Gasteiger partial charge in [-0.25, -0.2) is 4.98 Å². The highest BCUT2D eigenvalue weighted by Gasteiger charge is 2.24. The number of hydrogen-bond donors (Lipinski definition) is 4. The molecule has 26 heavy (non-hydrogen) atoms. The van der Waals surface area contributed by atoms with Gasteiger partial charge >= 0.3 is 0 Å². The minimum absolute atomic E-state index is 0.126. The van der Waals surface area contributed by atoms with E-state index in [-0.39, 0.29) is 6.04 Å². The van der Waals surface area contributed by atoms with Crippen LogP contribution in [0.2, 0.25) is 0 Å². The van der Waals surface area contributed by atoms with E-state index in [1.807, 2.05) is 36.4 Å². The molecule has 4 rings (SSSR count). The third-order valence-corrected chi connectivity index (χ3v) is 5.86. The van der Waals surface area contributed by atoms with Crippen LogP contribution in [0.1, 0.15) is 16.8 Å². The lowest BCUT2D eigenvalue weighted by atomic mass is 10.0. The van der Waals surface area contributed by atoms with E-state index in [1.165, 1.54) is 17.5 Å². The number of piperidine rings is 1. The van der Waals surface area contributed by atoms with Crippen LogP contribution in [0.5, 0.6) is 0 Å². The Morgan fingerprint density at radius 1 is 1.35 bits per heavy atom. The van der Waals surface area contributed by atoms with Gasteiger partial charge in [-0.05, 0) is 24.6 Å². The fourth-order valence-corrected chi connectivity index (χ4v) is 4.41. The van der Waals surface area contributed by atoms with E-state index in [4.69, 9.17) is 5.73 Å². The van der Waals surface area contributed by atoms with Crippen molar-refractivity contribution in [2.75, 3.05) is 18.4 Å². The van der Waals surface area contributed by atoms with Gasteiger partial charge in [0.1, 0.15) is 5.82 Å². The predicted molar refractivity (Wildman–Crippen MR) is 104 cm³/mol. The Morgan fingerprint density at radius 3 is 2.88 bits per heavy atom. The number of fused-ring (bicyclic) bond motifs is 1. The Hall–Kier alpha value is -2.48. The Balaban J connectivity index is 1.79. The Bertz CT molecular complexity index is 941. The second-order valence-corrected chi connectivity index (χ2v) is 7.47. The molecule has 1 aliphatic rings. The van der Waals surface area contributed by atoms with Gasteiger partial charge in [0, 0.05) is 23.0 Å². The number of aromatic nitrogens is 1. The van der Waals surface area contributed by atoms with Gasteiger partial charge < -0.3 is 21.5 Å². The first-order valence-electron chi connectivity index (χ1n) is 8.56. The highest BCUT2D eigenvalue weighted by molar-refractivity contribution is 7.22. The average Bonchev–Trinajstić information content (AvgIpc) is 3.10. The van der Waals surface area contributed by atoms with E-state index in [2.05, 4.69) is 15.6 Å². The highest BCUT2D eigenvalue weighted by Crippen LogP contribution is 2.38. The standard InChI is InChI=1S/C19H20N4O2S/c20-18(25)13-9-22-19(23-14-10-21-7-6-15(14)24)12-8-16(26-17(12)13)11-4-2-1-3-5-11/h1-5,8-9,14-15,21,24H,6-7,10H2,(H2,20,25)(H,22,23)/t14-,15-/m0/s1. The molecule has 1 amide bonds. The van der Waals surface area contributed by atoms with Crippen molar-refractivity contribution >= 4 is 33.1 Å². The van der Waals surface area contributed by atoms with Crippen LogP contribution < -0.4 is 16.4 Å². The molecule has 2 atom stereocenters. The zero-order valence-electron chi connectivity index (χ0n) is 14.1. The Kier molecular flexibility index (Phi) is 4.58. The molecule has 1 aliphatic heterocycles.